The Kier molecular flexibility index (Phi) is 3.71. The molecule has 1 aliphatic heterocycles. The third-order valence-electron chi connectivity index (χ3n) is 4.51. The molecule has 0 amide bonds. The van der Waals surface area contributed by atoms with Gasteiger partial charge in [0.25, 0.3) is 0 Å². The summed E-state index contributed by atoms with van der Waals surface area (Å²) < 4.78 is 1.91. The molecular weight excluding hydrogens is 274 g/mol. The molecule has 3 rings (SSSR count). The standard InChI is InChI=1S/C17H21N5/c1-13-15(10-21-9-7-17(3,11-18)12-21)14(2)22(20-13)16-6-4-5-8-19-16/h4-6,8H,7,9-10,12H2,1-3H3. The van der Waals surface area contributed by atoms with E-state index in [0.29, 0.717) is 0 Å². The number of rotatable bonds is 3. The van der Waals surface area contributed by atoms with Gasteiger partial charge in [-0.25, -0.2) is 9.67 Å². The highest BCUT2D eigenvalue weighted by Gasteiger charge is 2.34. The molecule has 0 radical (unpaired) electrons. The zero-order chi connectivity index (χ0) is 15.7. The fourth-order valence-corrected chi connectivity index (χ4v) is 3.11. The van der Waals surface area contributed by atoms with E-state index in [0.717, 1.165) is 43.3 Å². The van der Waals surface area contributed by atoms with Gasteiger partial charge >= 0.3 is 0 Å². The van der Waals surface area contributed by atoms with Gasteiger partial charge in [-0.2, -0.15) is 10.4 Å². The highest BCUT2D eigenvalue weighted by Crippen LogP contribution is 2.30. The molecular formula is C17H21N5. The van der Waals surface area contributed by atoms with Crippen LogP contribution in [0.5, 0.6) is 0 Å². The van der Waals surface area contributed by atoms with Crippen molar-refractivity contribution in [2.75, 3.05) is 13.1 Å². The lowest BCUT2D eigenvalue weighted by Gasteiger charge is -2.18. The molecule has 1 saturated heterocycles. The van der Waals surface area contributed by atoms with Crippen molar-refractivity contribution in [1.29, 1.82) is 5.26 Å². The number of likely N-dealkylation sites (tertiary alicyclic amines) is 1. The number of hydrogen-bond donors (Lipinski definition) is 0. The molecule has 5 heteroatoms. The molecule has 1 atom stereocenters. The van der Waals surface area contributed by atoms with Gasteiger partial charge < -0.3 is 0 Å². The lowest BCUT2D eigenvalue weighted by atomic mass is 9.92. The number of hydrogen-bond acceptors (Lipinski definition) is 4. The minimum atomic E-state index is -0.210. The van der Waals surface area contributed by atoms with Gasteiger partial charge in [0.15, 0.2) is 5.82 Å². The van der Waals surface area contributed by atoms with Gasteiger partial charge in [0, 0.05) is 37.1 Å². The first kappa shape index (κ1) is 14.7. The van der Waals surface area contributed by atoms with Crippen LogP contribution in [0.15, 0.2) is 24.4 Å². The summed E-state index contributed by atoms with van der Waals surface area (Å²) in [6.45, 7) is 8.82. The number of aromatic nitrogens is 3. The minimum Gasteiger partial charge on any atom is -0.297 e. The molecule has 0 spiro atoms. The molecule has 114 valence electrons. The van der Waals surface area contributed by atoms with Crippen molar-refractivity contribution in [3.8, 4) is 11.9 Å². The van der Waals surface area contributed by atoms with E-state index in [1.807, 2.05) is 36.7 Å². The van der Waals surface area contributed by atoms with Crippen LogP contribution < -0.4 is 0 Å². The van der Waals surface area contributed by atoms with Crippen LogP contribution in [0.4, 0.5) is 0 Å². The van der Waals surface area contributed by atoms with Crippen molar-refractivity contribution in [3.63, 3.8) is 0 Å². The van der Waals surface area contributed by atoms with E-state index in [1.165, 1.54) is 5.56 Å². The summed E-state index contributed by atoms with van der Waals surface area (Å²) in [6, 6.07) is 8.28. The molecule has 5 nitrogen and oxygen atoms in total. The normalized spacial score (nSPS) is 21.9. The zero-order valence-corrected chi connectivity index (χ0v) is 13.4. The summed E-state index contributed by atoms with van der Waals surface area (Å²) in [5, 5.41) is 13.9. The third kappa shape index (κ3) is 2.62. The number of pyridine rings is 1. The van der Waals surface area contributed by atoms with E-state index in [2.05, 4.69) is 28.0 Å². The molecule has 3 heterocycles. The molecule has 2 aromatic heterocycles. The molecule has 0 saturated carbocycles. The van der Waals surface area contributed by atoms with Crippen molar-refractivity contribution >= 4 is 0 Å². The second kappa shape index (κ2) is 5.54. The van der Waals surface area contributed by atoms with Crippen molar-refractivity contribution in [3.05, 3.63) is 41.3 Å². The maximum Gasteiger partial charge on any atom is 0.153 e. The minimum absolute atomic E-state index is 0.210. The number of nitriles is 1. The molecule has 22 heavy (non-hydrogen) atoms. The van der Waals surface area contributed by atoms with Crippen LogP contribution in [0.25, 0.3) is 5.82 Å². The van der Waals surface area contributed by atoms with Crippen LogP contribution >= 0.6 is 0 Å². The Labute approximate surface area is 131 Å². The average Bonchev–Trinajstić information content (AvgIpc) is 3.04. The van der Waals surface area contributed by atoms with Gasteiger partial charge in [-0.15, -0.1) is 0 Å². The van der Waals surface area contributed by atoms with Crippen molar-refractivity contribution in [2.45, 2.75) is 33.7 Å². The van der Waals surface area contributed by atoms with Gasteiger partial charge in [-0.3, -0.25) is 4.90 Å². The predicted octanol–water partition coefficient (Wildman–Crippen LogP) is 2.62. The second-order valence-corrected chi connectivity index (χ2v) is 6.38. The SMILES string of the molecule is Cc1nn(-c2ccccn2)c(C)c1CN1CCC(C)(C#N)C1. The lowest BCUT2D eigenvalue weighted by molar-refractivity contribution is 0.302. The maximum absolute atomic E-state index is 9.27. The molecule has 1 aliphatic rings. The Hall–Kier alpha value is -2.19. The Balaban J connectivity index is 1.84. The van der Waals surface area contributed by atoms with Crippen LogP contribution in [0.2, 0.25) is 0 Å². The summed E-state index contributed by atoms with van der Waals surface area (Å²) in [4.78, 5) is 6.73. The highest BCUT2D eigenvalue weighted by atomic mass is 15.3. The fraction of sp³-hybridized carbons (Fsp3) is 0.471. The molecule has 0 N–H and O–H groups in total. The summed E-state index contributed by atoms with van der Waals surface area (Å²) >= 11 is 0. The van der Waals surface area contributed by atoms with Crippen LogP contribution in [-0.4, -0.2) is 32.8 Å². The second-order valence-electron chi connectivity index (χ2n) is 6.38. The lowest BCUT2D eigenvalue weighted by Crippen LogP contribution is -2.24. The summed E-state index contributed by atoms with van der Waals surface area (Å²) in [5.74, 6) is 0.845. The van der Waals surface area contributed by atoms with Crippen molar-refractivity contribution in [2.24, 2.45) is 5.41 Å². The predicted molar refractivity (Wildman–Crippen MR) is 84.4 cm³/mol. The Morgan fingerprint density at radius 2 is 2.18 bits per heavy atom. The average molecular weight is 295 g/mol. The molecule has 0 aromatic carbocycles. The van der Waals surface area contributed by atoms with Gasteiger partial charge in [0.2, 0.25) is 0 Å². The van der Waals surface area contributed by atoms with E-state index in [1.54, 1.807) is 6.20 Å². The Bertz CT molecular complexity index is 713. The van der Waals surface area contributed by atoms with Gasteiger partial charge in [-0.05, 0) is 39.3 Å². The third-order valence-corrected chi connectivity index (χ3v) is 4.51. The number of aryl methyl sites for hydroxylation is 1. The maximum atomic E-state index is 9.27. The van der Waals surface area contributed by atoms with E-state index < -0.39 is 0 Å². The Morgan fingerprint density at radius 3 is 2.82 bits per heavy atom. The first-order valence-corrected chi connectivity index (χ1v) is 7.62. The van der Waals surface area contributed by atoms with Crippen LogP contribution in [0.1, 0.15) is 30.3 Å². The summed E-state index contributed by atoms with van der Waals surface area (Å²) in [7, 11) is 0. The van der Waals surface area contributed by atoms with Crippen molar-refractivity contribution < 1.29 is 0 Å². The summed E-state index contributed by atoms with van der Waals surface area (Å²) in [6.07, 6.45) is 2.72. The molecule has 0 aliphatic carbocycles. The largest absolute Gasteiger partial charge is 0.297 e. The molecule has 1 fully saturated rings. The smallest absolute Gasteiger partial charge is 0.153 e. The monoisotopic (exact) mass is 295 g/mol. The first-order chi connectivity index (χ1) is 10.5. The fourth-order valence-electron chi connectivity index (χ4n) is 3.11. The van der Waals surface area contributed by atoms with Crippen molar-refractivity contribution in [1.82, 2.24) is 19.7 Å². The highest BCUT2D eigenvalue weighted by molar-refractivity contribution is 5.32. The molecule has 0 bridgehead atoms. The zero-order valence-electron chi connectivity index (χ0n) is 13.4. The van der Waals surface area contributed by atoms with Gasteiger partial charge in [0.05, 0.1) is 17.2 Å². The van der Waals surface area contributed by atoms with Gasteiger partial charge in [0.1, 0.15) is 0 Å². The van der Waals surface area contributed by atoms with E-state index in [9.17, 15) is 5.26 Å². The first-order valence-electron chi connectivity index (χ1n) is 7.62. The number of nitrogens with zero attached hydrogens (tertiary/aromatic N) is 5. The van der Waals surface area contributed by atoms with E-state index >= 15 is 0 Å². The van der Waals surface area contributed by atoms with E-state index in [4.69, 9.17) is 0 Å². The van der Waals surface area contributed by atoms with Crippen LogP contribution in [-0.2, 0) is 6.54 Å². The topological polar surface area (TPSA) is 57.7 Å². The quantitative estimate of drug-likeness (QED) is 0.873. The van der Waals surface area contributed by atoms with Crippen LogP contribution in [0.3, 0.4) is 0 Å². The van der Waals surface area contributed by atoms with Crippen LogP contribution in [0, 0.1) is 30.6 Å². The molecule has 1 unspecified atom stereocenters. The summed E-state index contributed by atoms with van der Waals surface area (Å²) in [5.41, 5.74) is 3.20. The van der Waals surface area contributed by atoms with E-state index in [-0.39, 0.29) is 5.41 Å². The van der Waals surface area contributed by atoms with Gasteiger partial charge in [-0.1, -0.05) is 6.07 Å². The Morgan fingerprint density at radius 1 is 1.36 bits per heavy atom. The molecule has 2 aromatic rings.